The SMILES string of the molecule is [Yb].c1cc[cH-]c1.c1cc[cH-]c1. The zero-order valence-corrected chi connectivity index (χ0v) is 7.76. The Kier molecular flexibility index (Phi) is 8.48. The van der Waals surface area contributed by atoms with Crippen LogP contribution in [-0.2, 0) is 0 Å². The van der Waals surface area contributed by atoms with Gasteiger partial charge in [0, 0.05) is 46.9 Å². The quantitative estimate of drug-likeness (QED) is 0.657. The molecule has 0 nitrogen and oxygen atoms in total. The number of rotatable bonds is 0. The van der Waals surface area contributed by atoms with Crippen molar-refractivity contribution in [3.8, 4) is 0 Å². The van der Waals surface area contributed by atoms with Crippen molar-refractivity contribution in [1.29, 1.82) is 0 Å². The Morgan fingerprint density at radius 2 is 0.818 bits per heavy atom. The smallest absolute Gasteiger partial charge is 0 e. The van der Waals surface area contributed by atoms with Gasteiger partial charge in [-0.25, -0.2) is 24.3 Å². The third kappa shape index (κ3) is 6.61. The minimum Gasteiger partial charge on any atom is -0.214 e. The summed E-state index contributed by atoms with van der Waals surface area (Å²) >= 11 is 0. The van der Waals surface area contributed by atoms with E-state index in [1.54, 1.807) is 0 Å². The van der Waals surface area contributed by atoms with Gasteiger partial charge in [0.15, 0.2) is 0 Å². The molecule has 0 bridgehead atoms. The maximum absolute atomic E-state index is 2.00. The molecule has 1 heteroatoms. The molecule has 0 fully saturated rings. The molecule has 0 aliphatic heterocycles. The van der Waals surface area contributed by atoms with E-state index < -0.39 is 0 Å². The van der Waals surface area contributed by atoms with Crippen LogP contribution in [-0.4, -0.2) is 0 Å². The standard InChI is InChI=1S/2C5H5.Yb/c2*1-2-4-5-3-1;/h2*1-5H;/q2*-1;. The summed E-state index contributed by atoms with van der Waals surface area (Å²) in [4.78, 5) is 0. The molecule has 0 radical (unpaired) electrons. The summed E-state index contributed by atoms with van der Waals surface area (Å²) in [7, 11) is 0. The Labute approximate surface area is 106 Å². The summed E-state index contributed by atoms with van der Waals surface area (Å²) in [6.45, 7) is 0. The second-order valence-corrected chi connectivity index (χ2v) is 1.92. The van der Waals surface area contributed by atoms with E-state index >= 15 is 0 Å². The van der Waals surface area contributed by atoms with E-state index in [0.29, 0.717) is 0 Å². The van der Waals surface area contributed by atoms with Gasteiger partial charge in [-0.1, -0.05) is 0 Å². The fourth-order valence-corrected chi connectivity index (χ4v) is 0.642. The van der Waals surface area contributed by atoms with E-state index in [2.05, 4.69) is 0 Å². The van der Waals surface area contributed by atoms with E-state index in [4.69, 9.17) is 0 Å². The normalized spacial score (nSPS) is 7.27. The monoisotopic (exact) mass is 304 g/mol. The molecule has 0 amide bonds. The number of hydrogen-bond donors (Lipinski definition) is 0. The second kappa shape index (κ2) is 8.32. The molecular formula is C10H10Yb-2. The fraction of sp³-hybridized carbons (Fsp3) is 0. The van der Waals surface area contributed by atoms with Crippen molar-refractivity contribution in [3.05, 3.63) is 60.7 Å². The zero-order chi connectivity index (χ0) is 7.07. The van der Waals surface area contributed by atoms with Crippen LogP contribution in [0.1, 0.15) is 0 Å². The van der Waals surface area contributed by atoms with Crippen molar-refractivity contribution in [2.24, 2.45) is 0 Å². The van der Waals surface area contributed by atoms with Crippen molar-refractivity contribution in [2.75, 3.05) is 0 Å². The van der Waals surface area contributed by atoms with Crippen LogP contribution in [0.4, 0.5) is 0 Å². The molecular weight excluding hydrogens is 293 g/mol. The Bertz CT molecular complexity index is 144. The third-order valence-corrected chi connectivity index (χ3v) is 1.11. The molecule has 0 atom stereocenters. The average molecular weight is 303 g/mol. The van der Waals surface area contributed by atoms with E-state index in [0.717, 1.165) is 0 Å². The van der Waals surface area contributed by atoms with Gasteiger partial charge in [-0.3, -0.25) is 0 Å². The minimum absolute atomic E-state index is 0. The molecule has 2 aromatic carbocycles. The zero-order valence-electron chi connectivity index (χ0n) is 6.04. The van der Waals surface area contributed by atoms with Crippen LogP contribution in [0.15, 0.2) is 60.7 Å². The largest absolute Gasteiger partial charge is 0.214 e. The second-order valence-electron chi connectivity index (χ2n) is 1.92. The fourth-order valence-electron chi connectivity index (χ4n) is 0.642. The van der Waals surface area contributed by atoms with Crippen LogP contribution in [0, 0.1) is 46.9 Å². The van der Waals surface area contributed by atoms with E-state index in [-0.39, 0.29) is 46.9 Å². The molecule has 2 aromatic rings. The van der Waals surface area contributed by atoms with Crippen molar-refractivity contribution >= 4 is 0 Å². The van der Waals surface area contributed by atoms with Crippen LogP contribution in [0.5, 0.6) is 0 Å². The van der Waals surface area contributed by atoms with Gasteiger partial charge >= 0.3 is 0 Å². The first-order chi connectivity index (χ1) is 5.00. The van der Waals surface area contributed by atoms with Gasteiger partial charge < -0.3 is 0 Å². The Balaban J connectivity index is 0.000000167. The van der Waals surface area contributed by atoms with Crippen LogP contribution in [0.25, 0.3) is 0 Å². The molecule has 0 heterocycles. The predicted molar refractivity (Wildman–Crippen MR) is 44.1 cm³/mol. The van der Waals surface area contributed by atoms with Gasteiger partial charge in [0.1, 0.15) is 0 Å². The maximum atomic E-state index is 2.00. The van der Waals surface area contributed by atoms with E-state index in [1.165, 1.54) is 0 Å². The predicted octanol–water partition coefficient (Wildman–Crippen LogP) is 2.81. The van der Waals surface area contributed by atoms with Crippen LogP contribution in [0.2, 0.25) is 0 Å². The molecule has 0 saturated carbocycles. The summed E-state index contributed by atoms with van der Waals surface area (Å²) in [5, 5.41) is 0. The van der Waals surface area contributed by atoms with Crippen LogP contribution >= 0.6 is 0 Å². The van der Waals surface area contributed by atoms with Gasteiger partial charge in [0.25, 0.3) is 0 Å². The molecule has 0 spiro atoms. The van der Waals surface area contributed by atoms with Crippen molar-refractivity contribution in [1.82, 2.24) is 0 Å². The van der Waals surface area contributed by atoms with Gasteiger partial charge in [-0.2, -0.15) is 36.4 Å². The van der Waals surface area contributed by atoms with Gasteiger partial charge in [0.2, 0.25) is 0 Å². The molecule has 0 aliphatic carbocycles. The molecule has 66 valence electrons. The van der Waals surface area contributed by atoms with Crippen LogP contribution < -0.4 is 0 Å². The van der Waals surface area contributed by atoms with Gasteiger partial charge in [0.05, 0.1) is 0 Å². The molecule has 0 aliphatic rings. The van der Waals surface area contributed by atoms with E-state index in [9.17, 15) is 0 Å². The van der Waals surface area contributed by atoms with Crippen LogP contribution in [0.3, 0.4) is 0 Å². The molecule has 0 aromatic heterocycles. The van der Waals surface area contributed by atoms with Crippen molar-refractivity contribution < 1.29 is 46.9 Å². The van der Waals surface area contributed by atoms with Crippen molar-refractivity contribution in [3.63, 3.8) is 0 Å². The summed E-state index contributed by atoms with van der Waals surface area (Å²) < 4.78 is 0. The first-order valence-electron chi connectivity index (χ1n) is 3.33. The Morgan fingerprint density at radius 1 is 0.545 bits per heavy atom. The number of hydrogen-bond acceptors (Lipinski definition) is 0. The first-order valence-corrected chi connectivity index (χ1v) is 3.33. The summed E-state index contributed by atoms with van der Waals surface area (Å²) in [6, 6.07) is 20.0. The van der Waals surface area contributed by atoms with E-state index in [1.807, 2.05) is 60.7 Å². The summed E-state index contributed by atoms with van der Waals surface area (Å²) in [6.07, 6.45) is 0. The van der Waals surface area contributed by atoms with Gasteiger partial charge in [-0.15, -0.1) is 0 Å². The summed E-state index contributed by atoms with van der Waals surface area (Å²) in [5.74, 6) is 0. The summed E-state index contributed by atoms with van der Waals surface area (Å²) in [5.41, 5.74) is 0. The maximum Gasteiger partial charge on any atom is 0 e. The Hall–Kier alpha value is 0.219. The Morgan fingerprint density at radius 3 is 0.909 bits per heavy atom. The third-order valence-electron chi connectivity index (χ3n) is 1.11. The molecule has 11 heavy (non-hydrogen) atoms. The first kappa shape index (κ1) is 11.2. The minimum atomic E-state index is 0. The topological polar surface area (TPSA) is 0 Å². The molecule has 2 rings (SSSR count). The molecule has 0 saturated heterocycles. The molecule has 0 N–H and O–H groups in total. The average Bonchev–Trinajstić information content (AvgIpc) is 2.67. The van der Waals surface area contributed by atoms with Gasteiger partial charge in [-0.05, 0) is 0 Å². The molecule has 0 unspecified atom stereocenters. The van der Waals surface area contributed by atoms with Crippen molar-refractivity contribution in [2.45, 2.75) is 0 Å².